The predicted octanol–water partition coefficient (Wildman–Crippen LogP) is 6.31. The van der Waals surface area contributed by atoms with Gasteiger partial charge in [0.25, 0.3) is 17.0 Å². The second-order valence-electron chi connectivity index (χ2n) is 7.86. The summed E-state index contributed by atoms with van der Waals surface area (Å²) < 4.78 is 11.6. The van der Waals surface area contributed by atoms with Gasteiger partial charge >= 0.3 is 0 Å². The van der Waals surface area contributed by atoms with Gasteiger partial charge in [0.1, 0.15) is 17.0 Å². The van der Waals surface area contributed by atoms with Gasteiger partial charge in [-0.05, 0) is 48.0 Å². The molecule has 0 radical (unpaired) electrons. The minimum Gasteiger partial charge on any atom is -0.450 e. The molecule has 3 aromatic carbocycles. The van der Waals surface area contributed by atoms with Crippen LogP contribution < -0.4 is 10.6 Å². The maximum absolute atomic E-state index is 13.1. The van der Waals surface area contributed by atoms with Crippen LogP contribution in [0.15, 0.2) is 116 Å². The van der Waals surface area contributed by atoms with Gasteiger partial charge in [-0.3, -0.25) is 9.59 Å². The fourth-order valence-corrected chi connectivity index (χ4v) is 4.37. The summed E-state index contributed by atoms with van der Waals surface area (Å²) in [5, 5.41) is 6.97. The van der Waals surface area contributed by atoms with Crippen molar-refractivity contribution in [1.82, 2.24) is 15.6 Å². The molecule has 0 bridgehead atoms. The molecule has 5 rings (SSSR count). The fourth-order valence-electron chi connectivity index (χ4n) is 3.44. The fraction of sp³-hybridized carbons (Fsp3) is 0.0357. The predicted molar refractivity (Wildman–Crippen MR) is 142 cm³/mol. The van der Waals surface area contributed by atoms with Crippen molar-refractivity contribution in [3.8, 4) is 0 Å². The Labute approximate surface area is 221 Å². The van der Waals surface area contributed by atoms with Crippen molar-refractivity contribution < 1.29 is 18.4 Å². The number of furan rings is 1. The van der Waals surface area contributed by atoms with Crippen LogP contribution in [0, 0.1) is 0 Å². The molecule has 0 saturated heterocycles. The standard InChI is InChI=1S/C28H20ClN3O4S/c29-21-11-5-4-10-19(21)17-30-27(34)23(31-26(33)18-8-2-1-3-9-18)16-20-14-15-25(35-20)37-28-32-22-12-6-7-13-24(22)36-28/h1-16H,17H2,(H,30,34)(H,31,33)/b23-16-. The molecule has 2 heterocycles. The summed E-state index contributed by atoms with van der Waals surface area (Å²) in [6.07, 6.45) is 1.47. The second-order valence-corrected chi connectivity index (χ2v) is 9.22. The number of aromatic nitrogens is 1. The van der Waals surface area contributed by atoms with Crippen molar-refractivity contribution >= 4 is 52.4 Å². The van der Waals surface area contributed by atoms with Crippen LogP contribution in [0.1, 0.15) is 21.7 Å². The Hall–Kier alpha value is -4.27. The van der Waals surface area contributed by atoms with Crippen LogP contribution in [0.25, 0.3) is 17.2 Å². The number of hydrogen-bond acceptors (Lipinski definition) is 6. The van der Waals surface area contributed by atoms with Crippen molar-refractivity contribution in [1.29, 1.82) is 0 Å². The lowest BCUT2D eigenvalue weighted by Crippen LogP contribution is -2.34. The number of nitrogens with zero attached hydrogens (tertiary/aromatic N) is 1. The molecule has 0 aliphatic carbocycles. The summed E-state index contributed by atoms with van der Waals surface area (Å²) >= 11 is 7.42. The average Bonchev–Trinajstić information content (AvgIpc) is 3.54. The van der Waals surface area contributed by atoms with E-state index >= 15 is 0 Å². The van der Waals surface area contributed by atoms with E-state index in [9.17, 15) is 9.59 Å². The van der Waals surface area contributed by atoms with E-state index in [4.69, 9.17) is 20.4 Å². The van der Waals surface area contributed by atoms with E-state index in [-0.39, 0.29) is 12.2 Å². The van der Waals surface area contributed by atoms with Crippen molar-refractivity contribution in [2.75, 3.05) is 0 Å². The third-order valence-electron chi connectivity index (χ3n) is 5.28. The lowest BCUT2D eigenvalue weighted by atomic mass is 10.2. The number of carbonyl (C=O) groups excluding carboxylic acids is 2. The number of hydrogen-bond donors (Lipinski definition) is 2. The molecule has 2 amide bonds. The van der Waals surface area contributed by atoms with Crippen LogP contribution in [-0.2, 0) is 11.3 Å². The Morgan fingerprint density at radius 1 is 0.892 bits per heavy atom. The van der Waals surface area contributed by atoms with Gasteiger partial charge in [-0.25, -0.2) is 4.98 Å². The van der Waals surface area contributed by atoms with E-state index in [1.54, 1.807) is 42.5 Å². The van der Waals surface area contributed by atoms with Gasteiger partial charge in [0.05, 0.1) is 0 Å². The first-order valence-electron chi connectivity index (χ1n) is 11.3. The summed E-state index contributed by atoms with van der Waals surface area (Å²) in [6.45, 7) is 0.189. The summed E-state index contributed by atoms with van der Waals surface area (Å²) in [7, 11) is 0. The number of amides is 2. The molecule has 0 unspecified atom stereocenters. The second kappa shape index (κ2) is 11.2. The molecule has 184 valence electrons. The van der Waals surface area contributed by atoms with Crippen molar-refractivity contribution in [2.24, 2.45) is 0 Å². The van der Waals surface area contributed by atoms with Gasteiger partial charge in [-0.2, -0.15) is 0 Å². The van der Waals surface area contributed by atoms with Crippen LogP contribution in [0.5, 0.6) is 0 Å². The third kappa shape index (κ3) is 6.11. The molecule has 5 aromatic rings. The van der Waals surface area contributed by atoms with E-state index in [1.165, 1.54) is 17.8 Å². The first kappa shape index (κ1) is 24.4. The van der Waals surface area contributed by atoms with Crippen LogP contribution in [0.4, 0.5) is 0 Å². The summed E-state index contributed by atoms with van der Waals surface area (Å²) in [5.74, 6) is -0.545. The molecular formula is C28H20ClN3O4S. The molecule has 0 aliphatic heterocycles. The Bertz CT molecular complexity index is 1560. The lowest BCUT2D eigenvalue weighted by molar-refractivity contribution is -0.117. The summed E-state index contributed by atoms with van der Waals surface area (Å²) in [4.78, 5) is 30.3. The zero-order valence-electron chi connectivity index (χ0n) is 19.3. The molecule has 2 N–H and O–H groups in total. The van der Waals surface area contributed by atoms with Crippen LogP contribution in [-0.4, -0.2) is 16.8 Å². The average molecular weight is 530 g/mol. The van der Waals surface area contributed by atoms with Gasteiger partial charge in [-0.15, -0.1) is 0 Å². The highest BCUT2D eigenvalue weighted by molar-refractivity contribution is 7.99. The van der Waals surface area contributed by atoms with Crippen LogP contribution >= 0.6 is 23.4 Å². The van der Waals surface area contributed by atoms with Gasteiger partial charge in [-0.1, -0.05) is 60.1 Å². The maximum Gasteiger partial charge on any atom is 0.268 e. The summed E-state index contributed by atoms with van der Waals surface area (Å²) in [6, 6.07) is 26.7. The molecule has 9 heteroatoms. The van der Waals surface area contributed by atoms with Gasteiger partial charge in [0, 0.05) is 35.0 Å². The topological polar surface area (TPSA) is 97.4 Å². The number of para-hydroxylation sites is 2. The minimum absolute atomic E-state index is 0.0219. The van der Waals surface area contributed by atoms with Crippen LogP contribution in [0.3, 0.4) is 0 Å². The Morgan fingerprint density at radius 3 is 2.46 bits per heavy atom. The quantitative estimate of drug-likeness (QED) is 0.228. The molecular weight excluding hydrogens is 510 g/mol. The molecule has 7 nitrogen and oxygen atoms in total. The molecule has 2 aromatic heterocycles. The zero-order chi connectivity index (χ0) is 25.6. The van der Waals surface area contributed by atoms with Gasteiger partial charge in [0.2, 0.25) is 0 Å². The van der Waals surface area contributed by atoms with E-state index in [0.29, 0.717) is 32.2 Å². The van der Waals surface area contributed by atoms with E-state index < -0.39 is 11.8 Å². The van der Waals surface area contributed by atoms with E-state index in [0.717, 1.165) is 11.1 Å². The van der Waals surface area contributed by atoms with E-state index in [2.05, 4.69) is 15.6 Å². The first-order chi connectivity index (χ1) is 18.0. The first-order valence-corrected chi connectivity index (χ1v) is 12.5. The number of benzene rings is 3. The number of oxazole rings is 1. The highest BCUT2D eigenvalue weighted by atomic mass is 35.5. The Morgan fingerprint density at radius 2 is 1.65 bits per heavy atom. The summed E-state index contributed by atoms with van der Waals surface area (Å²) in [5.41, 5.74) is 2.62. The lowest BCUT2D eigenvalue weighted by Gasteiger charge is -2.11. The minimum atomic E-state index is -0.492. The largest absolute Gasteiger partial charge is 0.450 e. The van der Waals surface area contributed by atoms with Gasteiger partial charge < -0.3 is 19.5 Å². The monoisotopic (exact) mass is 529 g/mol. The highest BCUT2D eigenvalue weighted by Gasteiger charge is 2.17. The molecule has 37 heavy (non-hydrogen) atoms. The van der Waals surface area contributed by atoms with Crippen molar-refractivity contribution in [3.63, 3.8) is 0 Å². The molecule has 0 atom stereocenters. The van der Waals surface area contributed by atoms with Crippen LogP contribution in [0.2, 0.25) is 5.02 Å². The van der Waals surface area contributed by atoms with Crippen molar-refractivity contribution in [3.05, 3.63) is 119 Å². The third-order valence-corrected chi connectivity index (χ3v) is 6.42. The van der Waals surface area contributed by atoms with Gasteiger partial charge in [0.15, 0.2) is 10.7 Å². The molecule has 0 saturated carbocycles. The zero-order valence-corrected chi connectivity index (χ0v) is 20.9. The number of fused-ring (bicyclic) bond motifs is 1. The highest BCUT2D eigenvalue weighted by Crippen LogP contribution is 2.31. The normalized spacial score (nSPS) is 11.4. The smallest absolute Gasteiger partial charge is 0.268 e. The van der Waals surface area contributed by atoms with Crippen molar-refractivity contribution in [2.45, 2.75) is 16.9 Å². The Balaban J connectivity index is 1.36. The molecule has 0 aliphatic rings. The van der Waals surface area contributed by atoms with E-state index in [1.807, 2.05) is 48.5 Å². The number of carbonyl (C=O) groups is 2. The molecule has 0 spiro atoms. The number of halogens is 1. The number of nitrogens with one attached hydrogen (secondary N) is 2. The maximum atomic E-state index is 13.1. The number of rotatable bonds is 8. The Kier molecular flexibility index (Phi) is 7.39. The SMILES string of the molecule is O=C(NCc1ccccc1Cl)/C(=C/c1ccc(Sc2nc3ccccc3o2)o1)NC(=O)c1ccccc1. The molecule has 0 fully saturated rings.